The Morgan fingerprint density at radius 2 is 2.21 bits per heavy atom. The van der Waals surface area contributed by atoms with Crippen molar-refractivity contribution < 1.29 is 14.3 Å². The highest BCUT2D eigenvalue weighted by Gasteiger charge is 2.45. The van der Waals surface area contributed by atoms with E-state index in [4.69, 9.17) is 5.73 Å². The largest absolute Gasteiger partial charge is 0.477 e. The number of benzene rings is 1. The number of rotatable bonds is 5. The predicted octanol–water partition coefficient (Wildman–Crippen LogP) is 1.75. The van der Waals surface area contributed by atoms with Gasteiger partial charge in [0.15, 0.2) is 5.82 Å². The molecule has 1 saturated carbocycles. The first-order valence-corrected chi connectivity index (χ1v) is 9.59. The standard InChI is InChI=1S/C20H25FN4O3/c1-10(23-2)11-3-6-25(9-11)14-7-13-15(16(17(14)21)20(22)4-5-20)18(26)12(8-24-13)19(27)28/h7-8,10-11,23H,3-6,9,22H2,1-2H3,(H,24,26)(H,27,28). The van der Waals surface area contributed by atoms with Gasteiger partial charge in [0.1, 0.15) is 5.56 Å². The molecule has 1 saturated heterocycles. The Labute approximate surface area is 161 Å². The monoisotopic (exact) mass is 388 g/mol. The molecular formula is C20H25FN4O3. The third kappa shape index (κ3) is 2.87. The first-order valence-electron chi connectivity index (χ1n) is 9.59. The van der Waals surface area contributed by atoms with E-state index in [0.717, 1.165) is 6.42 Å². The van der Waals surface area contributed by atoms with Gasteiger partial charge in [-0.05, 0) is 45.2 Å². The minimum atomic E-state index is -1.34. The second-order valence-electron chi connectivity index (χ2n) is 8.07. The molecule has 2 fully saturated rings. The number of pyridine rings is 1. The van der Waals surface area contributed by atoms with Crippen molar-refractivity contribution in [1.29, 1.82) is 0 Å². The van der Waals surface area contributed by atoms with Gasteiger partial charge in [-0.25, -0.2) is 9.18 Å². The number of hydrogen-bond donors (Lipinski definition) is 4. The Balaban J connectivity index is 1.89. The summed E-state index contributed by atoms with van der Waals surface area (Å²) in [6.45, 7) is 3.53. The summed E-state index contributed by atoms with van der Waals surface area (Å²) in [7, 11) is 1.91. The summed E-state index contributed by atoms with van der Waals surface area (Å²) in [5, 5.41) is 12.6. The highest BCUT2D eigenvalue weighted by molar-refractivity contribution is 5.95. The quantitative estimate of drug-likeness (QED) is 0.621. The van der Waals surface area contributed by atoms with Gasteiger partial charge in [0, 0.05) is 36.4 Å². The Hall–Kier alpha value is -2.45. The molecular weight excluding hydrogens is 363 g/mol. The van der Waals surface area contributed by atoms with Crippen molar-refractivity contribution in [2.24, 2.45) is 11.7 Å². The molecule has 2 heterocycles. The maximum Gasteiger partial charge on any atom is 0.341 e. The molecule has 0 spiro atoms. The lowest BCUT2D eigenvalue weighted by molar-refractivity contribution is 0.0695. The average Bonchev–Trinajstić information content (AvgIpc) is 3.21. The Morgan fingerprint density at radius 3 is 2.82 bits per heavy atom. The van der Waals surface area contributed by atoms with Crippen LogP contribution in [-0.4, -0.2) is 42.2 Å². The SMILES string of the molecule is CNC(C)C1CCN(c2cc3[nH]cc(C(=O)O)c(=O)c3c(C3(N)CC3)c2F)C1. The normalized spacial score (nSPS) is 21.9. The number of halogens is 1. The molecule has 2 aliphatic rings. The van der Waals surface area contributed by atoms with Gasteiger partial charge in [0.2, 0.25) is 5.43 Å². The van der Waals surface area contributed by atoms with Gasteiger partial charge in [0.25, 0.3) is 0 Å². The van der Waals surface area contributed by atoms with Crippen LogP contribution in [-0.2, 0) is 5.54 Å². The summed E-state index contributed by atoms with van der Waals surface area (Å²) in [5.41, 5.74) is 5.30. The van der Waals surface area contributed by atoms with Gasteiger partial charge in [-0.3, -0.25) is 4.79 Å². The Morgan fingerprint density at radius 1 is 1.50 bits per heavy atom. The van der Waals surface area contributed by atoms with Crippen LogP contribution in [0.2, 0.25) is 0 Å². The lowest BCUT2D eigenvalue weighted by atomic mass is 9.96. The van der Waals surface area contributed by atoms with E-state index in [2.05, 4.69) is 17.2 Å². The van der Waals surface area contributed by atoms with Crippen LogP contribution >= 0.6 is 0 Å². The van der Waals surface area contributed by atoms with Crippen LogP contribution in [0.25, 0.3) is 10.9 Å². The van der Waals surface area contributed by atoms with Crippen LogP contribution in [0, 0.1) is 11.7 Å². The van der Waals surface area contributed by atoms with E-state index in [1.165, 1.54) is 6.20 Å². The number of aromatic amines is 1. The molecule has 28 heavy (non-hydrogen) atoms. The van der Waals surface area contributed by atoms with Gasteiger partial charge in [-0.2, -0.15) is 0 Å². The van der Waals surface area contributed by atoms with Crippen molar-refractivity contribution in [3.63, 3.8) is 0 Å². The summed E-state index contributed by atoms with van der Waals surface area (Å²) < 4.78 is 15.7. The average molecular weight is 388 g/mol. The van der Waals surface area contributed by atoms with Crippen LogP contribution in [0.15, 0.2) is 17.1 Å². The fourth-order valence-electron chi connectivity index (χ4n) is 4.24. The van der Waals surface area contributed by atoms with Gasteiger partial charge < -0.3 is 26.0 Å². The van der Waals surface area contributed by atoms with E-state index in [-0.39, 0.29) is 10.9 Å². The number of H-pyrrole nitrogens is 1. The lowest BCUT2D eigenvalue weighted by Gasteiger charge is -2.25. The number of nitrogens with zero attached hydrogens (tertiary/aromatic N) is 1. The van der Waals surface area contributed by atoms with E-state index in [9.17, 15) is 14.7 Å². The van der Waals surface area contributed by atoms with Crippen molar-refractivity contribution in [2.45, 2.75) is 37.8 Å². The Kier molecular flexibility index (Phi) is 4.43. The Bertz CT molecular complexity index is 1010. The number of hydrogen-bond acceptors (Lipinski definition) is 5. The van der Waals surface area contributed by atoms with Crippen LogP contribution in [0.5, 0.6) is 0 Å². The number of carboxylic acids is 1. The molecule has 5 N–H and O–H groups in total. The smallest absolute Gasteiger partial charge is 0.341 e. The van der Waals surface area contributed by atoms with Crippen LogP contribution in [0.1, 0.15) is 42.1 Å². The minimum absolute atomic E-state index is 0.0560. The van der Waals surface area contributed by atoms with Crippen molar-refractivity contribution >= 4 is 22.6 Å². The summed E-state index contributed by atoms with van der Waals surface area (Å²) in [6.07, 6.45) is 3.25. The predicted molar refractivity (Wildman–Crippen MR) is 105 cm³/mol. The molecule has 2 unspecified atom stereocenters. The van der Waals surface area contributed by atoms with Crippen LogP contribution < -0.4 is 21.4 Å². The van der Waals surface area contributed by atoms with Crippen LogP contribution in [0.4, 0.5) is 10.1 Å². The van der Waals surface area contributed by atoms with E-state index < -0.39 is 28.3 Å². The zero-order chi connectivity index (χ0) is 20.2. The van der Waals surface area contributed by atoms with Crippen molar-refractivity contribution in [3.05, 3.63) is 39.4 Å². The molecule has 7 nitrogen and oxygen atoms in total. The molecule has 150 valence electrons. The molecule has 0 amide bonds. The first kappa shape index (κ1) is 18.9. The zero-order valence-corrected chi connectivity index (χ0v) is 16.0. The number of aromatic carboxylic acids is 1. The summed E-state index contributed by atoms with van der Waals surface area (Å²) in [6, 6.07) is 1.93. The molecule has 0 radical (unpaired) electrons. The highest BCUT2D eigenvalue weighted by atomic mass is 19.1. The molecule has 0 bridgehead atoms. The summed E-state index contributed by atoms with van der Waals surface area (Å²) >= 11 is 0. The molecule has 2 atom stereocenters. The number of anilines is 1. The molecule has 1 aromatic heterocycles. The van der Waals surface area contributed by atoms with Crippen molar-refractivity contribution in [2.75, 3.05) is 25.0 Å². The second-order valence-corrected chi connectivity index (χ2v) is 8.07. The second kappa shape index (κ2) is 6.56. The minimum Gasteiger partial charge on any atom is -0.477 e. The fourth-order valence-corrected chi connectivity index (χ4v) is 4.24. The molecule has 1 aromatic carbocycles. The van der Waals surface area contributed by atoms with E-state index in [0.29, 0.717) is 49.1 Å². The van der Waals surface area contributed by atoms with E-state index in [1.807, 2.05) is 11.9 Å². The molecule has 1 aliphatic carbocycles. The van der Waals surface area contributed by atoms with Crippen molar-refractivity contribution in [3.8, 4) is 0 Å². The van der Waals surface area contributed by atoms with Crippen LogP contribution in [0.3, 0.4) is 0 Å². The molecule has 4 rings (SSSR count). The number of fused-ring (bicyclic) bond motifs is 1. The molecule has 8 heteroatoms. The van der Waals surface area contributed by atoms with Crippen molar-refractivity contribution in [1.82, 2.24) is 10.3 Å². The number of carboxylic acid groups (broad SMARTS) is 1. The zero-order valence-electron chi connectivity index (χ0n) is 16.0. The van der Waals surface area contributed by atoms with E-state index in [1.54, 1.807) is 6.07 Å². The number of nitrogens with one attached hydrogen (secondary N) is 2. The highest BCUT2D eigenvalue weighted by Crippen LogP contribution is 2.48. The third-order valence-electron chi connectivity index (χ3n) is 6.33. The number of aromatic nitrogens is 1. The maximum atomic E-state index is 15.7. The molecule has 2 aromatic rings. The van der Waals surface area contributed by atoms with E-state index >= 15 is 4.39 Å². The lowest BCUT2D eigenvalue weighted by Crippen LogP contribution is -2.33. The van der Waals surface area contributed by atoms with Gasteiger partial charge in [-0.1, -0.05) is 0 Å². The topological polar surface area (TPSA) is 111 Å². The maximum absolute atomic E-state index is 15.7. The summed E-state index contributed by atoms with van der Waals surface area (Å²) in [4.78, 5) is 29.0. The van der Waals surface area contributed by atoms with Gasteiger partial charge >= 0.3 is 5.97 Å². The first-order chi connectivity index (χ1) is 13.3. The fraction of sp³-hybridized carbons (Fsp3) is 0.500. The molecule has 1 aliphatic heterocycles. The summed E-state index contributed by atoms with van der Waals surface area (Å²) in [5.74, 6) is -1.45. The number of carbonyl (C=O) groups is 1. The van der Waals surface area contributed by atoms with Gasteiger partial charge in [0.05, 0.1) is 16.6 Å². The van der Waals surface area contributed by atoms with Gasteiger partial charge in [-0.15, -0.1) is 0 Å². The third-order valence-corrected chi connectivity index (χ3v) is 6.33. The number of nitrogens with two attached hydrogens (primary N) is 1.